The van der Waals surface area contributed by atoms with Crippen LogP contribution in [0.4, 0.5) is 0 Å². The van der Waals surface area contributed by atoms with E-state index in [1.807, 2.05) is 46.0 Å². The van der Waals surface area contributed by atoms with Crippen molar-refractivity contribution in [1.82, 2.24) is 29.6 Å². The van der Waals surface area contributed by atoms with E-state index in [9.17, 15) is 4.79 Å². The first-order valence-electron chi connectivity index (χ1n) is 9.87. The molecule has 0 saturated heterocycles. The number of H-pyrrole nitrogens is 1. The maximum Gasteiger partial charge on any atom is 0.233 e. The van der Waals surface area contributed by atoms with Gasteiger partial charge < -0.3 is 9.88 Å². The number of carbonyl (C=O) groups is 1. The predicted molar refractivity (Wildman–Crippen MR) is 122 cm³/mol. The summed E-state index contributed by atoms with van der Waals surface area (Å²) in [5, 5.41) is 10.6. The Morgan fingerprint density at radius 1 is 1.26 bits per heavy atom. The van der Waals surface area contributed by atoms with Crippen molar-refractivity contribution in [2.75, 3.05) is 18.8 Å². The van der Waals surface area contributed by atoms with Gasteiger partial charge in [0.2, 0.25) is 5.91 Å². The average Bonchev–Trinajstić information content (AvgIpc) is 3.45. The van der Waals surface area contributed by atoms with Gasteiger partial charge in [-0.05, 0) is 42.3 Å². The summed E-state index contributed by atoms with van der Waals surface area (Å²) in [6.07, 6.45) is 8.36. The molecule has 1 N–H and O–H groups in total. The molecule has 0 aliphatic carbocycles. The zero-order valence-electron chi connectivity index (χ0n) is 16.5. The molecule has 0 radical (unpaired) electrons. The van der Waals surface area contributed by atoms with E-state index in [4.69, 9.17) is 11.6 Å². The molecule has 0 unspecified atom stereocenters. The van der Waals surface area contributed by atoms with Crippen LogP contribution in [0, 0.1) is 0 Å². The zero-order chi connectivity index (χ0) is 21.2. The van der Waals surface area contributed by atoms with E-state index in [0.29, 0.717) is 29.0 Å². The Hall–Kier alpha value is -3.10. The van der Waals surface area contributed by atoms with E-state index in [2.05, 4.69) is 32.3 Å². The fraction of sp³-hybridized carbons (Fsp3) is 0.182. The molecule has 0 atom stereocenters. The molecule has 4 heterocycles. The van der Waals surface area contributed by atoms with Crippen molar-refractivity contribution in [3.8, 4) is 5.69 Å². The third kappa shape index (κ3) is 4.08. The van der Waals surface area contributed by atoms with Crippen LogP contribution in [0.25, 0.3) is 22.3 Å². The monoisotopic (exact) mass is 450 g/mol. The lowest BCUT2D eigenvalue weighted by molar-refractivity contribution is -0.127. The highest BCUT2D eigenvalue weighted by Gasteiger charge is 2.20. The number of benzene rings is 1. The Labute approximate surface area is 188 Å². The van der Waals surface area contributed by atoms with Crippen molar-refractivity contribution in [3.63, 3.8) is 0 Å². The lowest BCUT2D eigenvalue weighted by atomic mass is 9.99. The van der Waals surface area contributed by atoms with Crippen molar-refractivity contribution >= 4 is 45.9 Å². The van der Waals surface area contributed by atoms with Gasteiger partial charge in [0.1, 0.15) is 12.0 Å². The molecule has 0 bridgehead atoms. The molecule has 5 rings (SSSR count). The van der Waals surface area contributed by atoms with Crippen LogP contribution in [-0.2, 0) is 4.79 Å². The van der Waals surface area contributed by atoms with Crippen LogP contribution < -0.4 is 0 Å². The van der Waals surface area contributed by atoms with Gasteiger partial charge in [0, 0.05) is 41.5 Å². The molecule has 1 aliphatic rings. The first kappa shape index (κ1) is 19.8. The van der Waals surface area contributed by atoms with Gasteiger partial charge >= 0.3 is 0 Å². The summed E-state index contributed by atoms with van der Waals surface area (Å²) in [7, 11) is 0. The number of amides is 1. The number of fused-ring (bicyclic) bond motifs is 1. The molecule has 156 valence electrons. The fourth-order valence-corrected chi connectivity index (χ4v) is 4.72. The maximum atomic E-state index is 12.8. The van der Waals surface area contributed by atoms with Gasteiger partial charge in [0.05, 0.1) is 11.4 Å². The Balaban J connectivity index is 1.24. The molecule has 1 aromatic carbocycles. The van der Waals surface area contributed by atoms with Crippen LogP contribution >= 0.6 is 23.4 Å². The molecule has 31 heavy (non-hydrogen) atoms. The number of halogens is 1. The van der Waals surface area contributed by atoms with E-state index in [1.165, 1.54) is 22.9 Å². The van der Waals surface area contributed by atoms with Gasteiger partial charge in [0.15, 0.2) is 5.16 Å². The third-order valence-corrected chi connectivity index (χ3v) is 6.45. The van der Waals surface area contributed by atoms with Gasteiger partial charge in [-0.25, -0.2) is 4.98 Å². The van der Waals surface area contributed by atoms with Crippen LogP contribution in [0.1, 0.15) is 12.0 Å². The summed E-state index contributed by atoms with van der Waals surface area (Å²) >= 11 is 7.47. The van der Waals surface area contributed by atoms with Crippen LogP contribution in [-0.4, -0.2) is 54.4 Å². The number of thioether (sulfide) groups is 1. The molecular weight excluding hydrogens is 432 g/mol. The number of aromatic nitrogens is 5. The molecule has 3 aromatic heterocycles. The summed E-state index contributed by atoms with van der Waals surface area (Å²) < 4.78 is 1.84. The SMILES string of the molecule is O=C(CSc1nncn1-c1cccc(Cl)c1)N1CC=C(c2c[nH]c3ncccc23)CC1. The second kappa shape index (κ2) is 8.56. The topological polar surface area (TPSA) is 79.7 Å². The third-order valence-electron chi connectivity index (χ3n) is 5.29. The largest absolute Gasteiger partial charge is 0.346 e. The van der Waals surface area contributed by atoms with Crippen molar-refractivity contribution < 1.29 is 4.79 Å². The lowest BCUT2D eigenvalue weighted by Gasteiger charge is -2.26. The maximum absolute atomic E-state index is 12.8. The summed E-state index contributed by atoms with van der Waals surface area (Å²) in [4.78, 5) is 22.2. The molecule has 0 spiro atoms. The quantitative estimate of drug-likeness (QED) is 0.461. The smallest absolute Gasteiger partial charge is 0.233 e. The molecule has 7 nitrogen and oxygen atoms in total. The highest BCUT2D eigenvalue weighted by molar-refractivity contribution is 7.99. The van der Waals surface area contributed by atoms with Gasteiger partial charge in [0.25, 0.3) is 0 Å². The van der Waals surface area contributed by atoms with Gasteiger partial charge in [-0.3, -0.25) is 9.36 Å². The highest BCUT2D eigenvalue weighted by atomic mass is 35.5. The van der Waals surface area contributed by atoms with Crippen LogP contribution in [0.3, 0.4) is 0 Å². The Morgan fingerprint density at radius 2 is 2.19 bits per heavy atom. The first-order chi connectivity index (χ1) is 15.2. The predicted octanol–water partition coefficient (Wildman–Crippen LogP) is 4.21. The second-order valence-corrected chi connectivity index (χ2v) is 8.55. The Bertz CT molecular complexity index is 1280. The minimum atomic E-state index is 0.0848. The van der Waals surface area contributed by atoms with E-state index in [1.54, 1.807) is 12.5 Å². The van der Waals surface area contributed by atoms with Crippen molar-refractivity contribution in [2.24, 2.45) is 0 Å². The number of aromatic amines is 1. The van der Waals surface area contributed by atoms with E-state index < -0.39 is 0 Å². The molecule has 4 aromatic rings. The number of nitrogens with one attached hydrogen (secondary N) is 1. The molecule has 9 heteroatoms. The zero-order valence-corrected chi connectivity index (χ0v) is 18.1. The van der Waals surface area contributed by atoms with Crippen LogP contribution in [0.15, 0.2) is 66.4 Å². The number of nitrogens with zero attached hydrogens (tertiary/aromatic N) is 5. The van der Waals surface area contributed by atoms with Gasteiger partial charge in [-0.1, -0.05) is 35.5 Å². The van der Waals surface area contributed by atoms with Gasteiger partial charge in [-0.15, -0.1) is 10.2 Å². The van der Waals surface area contributed by atoms with Gasteiger partial charge in [-0.2, -0.15) is 0 Å². The Morgan fingerprint density at radius 3 is 3.03 bits per heavy atom. The van der Waals surface area contributed by atoms with Crippen molar-refractivity contribution in [1.29, 1.82) is 0 Å². The number of hydrogen-bond acceptors (Lipinski definition) is 5. The minimum Gasteiger partial charge on any atom is -0.346 e. The number of carbonyl (C=O) groups excluding carboxylic acids is 1. The average molecular weight is 451 g/mol. The summed E-state index contributed by atoms with van der Waals surface area (Å²) in [6, 6.07) is 11.5. The molecule has 0 saturated carbocycles. The van der Waals surface area contributed by atoms with Crippen molar-refractivity contribution in [3.05, 3.63) is 71.8 Å². The minimum absolute atomic E-state index is 0.0848. The van der Waals surface area contributed by atoms with Crippen LogP contribution in [0.5, 0.6) is 0 Å². The standard InChI is InChI=1S/C22H19ClN6OS/c23-16-3-1-4-17(11-16)29-14-26-27-22(29)31-13-20(30)28-9-6-15(7-10-28)19-12-25-21-18(19)5-2-8-24-21/h1-6,8,11-12,14H,7,9-10,13H2,(H,24,25). The van der Waals surface area contributed by atoms with E-state index in [0.717, 1.165) is 23.1 Å². The summed E-state index contributed by atoms with van der Waals surface area (Å²) in [6.45, 7) is 1.29. The molecule has 1 aliphatic heterocycles. The summed E-state index contributed by atoms with van der Waals surface area (Å²) in [5.41, 5.74) is 4.17. The number of hydrogen-bond donors (Lipinski definition) is 1. The fourth-order valence-electron chi connectivity index (χ4n) is 3.71. The molecular formula is C22H19ClN6OS. The Kier molecular flexibility index (Phi) is 5.48. The summed E-state index contributed by atoms with van der Waals surface area (Å²) in [5.74, 6) is 0.390. The number of rotatable bonds is 5. The molecule has 0 fully saturated rings. The van der Waals surface area contributed by atoms with Crippen LogP contribution in [0.2, 0.25) is 5.02 Å². The van der Waals surface area contributed by atoms with Crippen molar-refractivity contribution in [2.45, 2.75) is 11.6 Å². The normalized spacial score (nSPS) is 14.1. The van der Waals surface area contributed by atoms with E-state index in [-0.39, 0.29) is 5.91 Å². The lowest BCUT2D eigenvalue weighted by Crippen LogP contribution is -2.35. The number of pyridine rings is 1. The first-order valence-corrected chi connectivity index (χ1v) is 11.2. The highest BCUT2D eigenvalue weighted by Crippen LogP contribution is 2.29. The molecule has 1 amide bonds. The van der Waals surface area contributed by atoms with E-state index >= 15 is 0 Å². The second-order valence-electron chi connectivity index (χ2n) is 7.17.